The van der Waals surface area contributed by atoms with Crippen LogP contribution in [0.1, 0.15) is 17.4 Å². The molecule has 0 saturated heterocycles. The Hall–Kier alpha value is -1.78. The lowest BCUT2D eigenvalue weighted by molar-refractivity contribution is 0.0519. The van der Waals surface area contributed by atoms with Gasteiger partial charge in [0.15, 0.2) is 0 Å². The van der Waals surface area contributed by atoms with E-state index in [0.717, 1.165) is 0 Å². The fourth-order valence-corrected chi connectivity index (χ4v) is 2.26. The van der Waals surface area contributed by atoms with Gasteiger partial charge in [-0.15, -0.1) is 0 Å². The third-order valence-electron chi connectivity index (χ3n) is 2.58. The first kappa shape index (κ1) is 14.6. The molecular weight excluding hydrogens is 301 g/mol. The van der Waals surface area contributed by atoms with Crippen molar-refractivity contribution in [3.63, 3.8) is 0 Å². The zero-order valence-corrected chi connectivity index (χ0v) is 12.1. The molecule has 2 aromatic rings. The molecule has 1 heterocycles. The van der Waals surface area contributed by atoms with E-state index in [4.69, 9.17) is 27.9 Å². The summed E-state index contributed by atoms with van der Waals surface area (Å²) in [5.74, 6) is -0.569. The topological polar surface area (TPSA) is 59.2 Å². The van der Waals surface area contributed by atoms with Crippen molar-refractivity contribution in [3.05, 3.63) is 56.4 Å². The highest BCUT2D eigenvalue weighted by molar-refractivity contribution is 6.35. The molecule has 0 spiro atoms. The summed E-state index contributed by atoms with van der Waals surface area (Å²) in [5.41, 5.74) is 0.657. The highest BCUT2D eigenvalue weighted by Crippen LogP contribution is 2.25. The minimum Gasteiger partial charge on any atom is -0.461 e. The third kappa shape index (κ3) is 3.21. The maximum absolute atomic E-state index is 12.0. The number of carbonyl (C=O) groups is 1. The fourth-order valence-electron chi connectivity index (χ4n) is 1.74. The number of aromatic nitrogens is 1. The Labute approximate surface area is 125 Å². The summed E-state index contributed by atoms with van der Waals surface area (Å²) in [6.07, 6.45) is 0. The number of nitrogens with one attached hydrogen (secondary N) is 1. The van der Waals surface area contributed by atoms with Gasteiger partial charge in [-0.05, 0) is 42.8 Å². The Morgan fingerprint density at radius 1 is 1.20 bits per heavy atom. The summed E-state index contributed by atoms with van der Waals surface area (Å²) in [6.45, 7) is 1.94. The summed E-state index contributed by atoms with van der Waals surface area (Å²) in [7, 11) is 0. The van der Waals surface area contributed by atoms with Crippen LogP contribution in [0.4, 0.5) is 0 Å². The largest absolute Gasteiger partial charge is 0.461 e. The van der Waals surface area contributed by atoms with Crippen LogP contribution in [-0.2, 0) is 4.74 Å². The molecule has 4 nitrogen and oxygen atoms in total. The Balaban J connectivity index is 2.44. The van der Waals surface area contributed by atoms with Gasteiger partial charge in [0.2, 0.25) is 0 Å². The van der Waals surface area contributed by atoms with E-state index in [9.17, 15) is 9.59 Å². The van der Waals surface area contributed by atoms with E-state index in [1.165, 1.54) is 12.1 Å². The number of rotatable bonds is 3. The molecule has 6 heteroatoms. The summed E-state index contributed by atoms with van der Waals surface area (Å²) >= 11 is 11.8. The molecule has 0 atom stereocenters. The predicted octanol–water partition coefficient (Wildman–Crippen LogP) is 3.53. The molecule has 2 rings (SSSR count). The Morgan fingerprint density at radius 3 is 2.40 bits per heavy atom. The number of aromatic amines is 1. The number of esters is 1. The smallest absolute Gasteiger partial charge is 0.354 e. The van der Waals surface area contributed by atoms with Crippen LogP contribution in [0.2, 0.25) is 10.0 Å². The highest BCUT2D eigenvalue weighted by Gasteiger charge is 2.11. The maximum atomic E-state index is 12.0. The molecule has 0 aliphatic carbocycles. The second kappa shape index (κ2) is 6.11. The molecule has 0 amide bonds. The van der Waals surface area contributed by atoms with Gasteiger partial charge in [0.25, 0.3) is 5.56 Å². The molecule has 0 bridgehead atoms. The van der Waals surface area contributed by atoms with E-state index < -0.39 is 11.5 Å². The molecule has 0 radical (unpaired) electrons. The quantitative estimate of drug-likeness (QED) is 0.882. The van der Waals surface area contributed by atoms with Crippen molar-refractivity contribution in [3.8, 4) is 11.1 Å². The zero-order valence-electron chi connectivity index (χ0n) is 10.6. The van der Waals surface area contributed by atoms with Crippen molar-refractivity contribution >= 4 is 29.2 Å². The Kier molecular flexibility index (Phi) is 4.47. The van der Waals surface area contributed by atoms with Gasteiger partial charge in [0.05, 0.1) is 6.61 Å². The number of halogens is 2. The summed E-state index contributed by atoms with van der Waals surface area (Å²) in [6, 6.07) is 7.86. The Bertz CT molecular complexity index is 690. The van der Waals surface area contributed by atoms with Gasteiger partial charge >= 0.3 is 5.97 Å². The second-order valence-corrected chi connectivity index (χ2v) is 4.87. The van der Waals surface area contributed by atoms with Crippen LogP contribution < -0.4 is 5.56 Å². The average molecular weight is 312 g/mol. The number of pyridine rings is 1. The van der Waals surface area contributed by atoms with Gasteiger partial charge < -0.3 is 9.72 Å². The number of hydrogen-bond donors (Lipinski definition) is 1. The zero-order chi connectivity index (χ0) is 14.7. The first-order chi connectivity index (χ1) is 9.51. The molecule has 0 aliphatic rings. The van der Waals surface area contributed by atoms with Crippen molar-refractivity contribution in [1.29, 1.82) is 0 Å². The lowest BCUT2D eigenvalue weighted by Gasteiger charge is -2.05. The van der Waals surface area contributed by atoms with Gasteiger partial charge in [-0.3, -0.25) is 4.79 Å². The Morgan fingerprint density at radius 2 is 1.85 bits per heavy atom. The number of carbonyl (C=O) groups excluding carboxylic acids is 1. The predicted molar refractivity (Wildman–Crippen MR) is 78.5 cm³/mol. The molecule has 0 saturated carbocycles. The number of hydrogen-bond acceptors (Lipinski definition) is 3. The van der Waals surface area contributed by atoms with Gasteiger partial charge in [-0.25, -0.2) is 4.79 Å². The van der Waals surface area contributed by atoms with Crippen molar-refractivity contribution in [2.75, 3.05) is 6.61 Å². The van der Waals surface area contributed by atoms with E-state index in [2.05, 4.69) is 4.98 Å². The summed E-state index contributed by atoms with van der Waals surface area (Å²) in [5, 5.41) is 0.864. The maximum Gasteiger partial charge on any atom is 0.354 e. The fraction of sp³-hybridized carbons (Fsp3) is 0.143. The normalized spacial score (nSPS) is 10.3. The molecule has 1 N–H and O–H groups in total. The van der Waals surface area contributed by atoms with Crippen molar-refractivity contribution in [2.45, 2.75) is 6.92 Å². The minimum atomic E-state index is -0.569. The van der Waals surface area contributed by atoms with Gasteiger partial charge in [0.1, 0.15) is 5.69 Å². The number of ether oxygens (including phenoxy) is 1. The van der Waals surface area contributed by atoms with Crippen LogP contribution in [0, 0.1) is 0 Å². The van der Waals surface area contributed by atoms with E-state index in [1.807, 2.05) is 0 Å². The lowest BCUT2D eigenvalue weighted by Crippen LogP contribution is -2.16. The van der Waals surface area contributed by atoms with Crippen LogP contribution in [0.15, 0.2) is 35.1 Å². The summed E-state index contributed by atoms with van der Waals surface area (Å²) in [4.78, 5) is 26.0. The SMILES string of the molecule is CCOC(=O)c1ccc(-c2cc(Cl)cc(Cl)c2)c(=O)[nH]1. The highest BCUT2D eigenvalue weighted by atomic mass is 35.5. The second-order valence-electron chi connectivity index (χ2n) is 3.99. The van der Waals surface area contributed by atoms with Crippen LogP contribution in [0.5, 0.6) is 0 Å². The molecule has 20 heavy (non-hydrogen) atoms. The molecule has 1 aromatic heterocycles. The average Bonchev–Trinajstić information content (AvgIpc) is 2.37. The monoisotopic (exact) mass is 311 g/mol. The standard InChI is InChI=1S/C14H11Cl2NO3/c1-2-20-14(19)12-4-3-11(13(18)17-12)8-5-9(15)7-10(16)6-8/h3-7H,2H2,1H3,(H,17,18). The van der Waals surface area contributed by atoms with Gasteiger partial charge in [-0.1, -0.05) is 23.2 Å². The summed E-state index contributed by atoms with van der Waals surface area (Å²) < 4.78 is 4.82. The van der Waals surface area contributed by atoms with Crippen LogP contribution >= 0.6 is 23.2 Å². The number of H-pyrrole nitrogens is 1. The molecular formula is C14H11Cl2NO3. The third-order valence-corrected chi connectivity index (χ3v) is 3.01. The van der Waals surface area contributed by atoms with E-state index >= 15 is 0 Å². The molecule has 0 fully saturated rings. The van der Waals surface area contributed by atoms with Crippen LogP contribution in [0.3, 0.4) is 0 Å². The van der Waals surface area contributed by atoms with Crippen LogP contribution in [-0.4, -0.2) is 17.6 Å². The van der Waals surface area contributed by atoms with E-state index in [-0.39, 0.29) is 12.3 Å². The molecule has 0 unspecified atom stereocenters. The molecule has 104 valence electrons. The first-order valence-corrected chi connectivity index (χ1v) is 6.63. The van der Waals surface area contributed by atoms with Crippen molar-refractivity contribution in [1.82, 2.24) is 4.98 Å². The van der Waals surface area contributed by atoms with Gasteiger partial charge in [-0.2, -0.15) is 0 Å². The van der Waals surface area contributed by atoms with Crippen molar-refractivity contribution < 1.29 is 9.53 Å². The molecule has 0 aliphatic heterocycles. The number of benzene rings is 1. The van der Waals surface area contributed by atoms with E-state index in [1.54, 1.807) is 25.1 Å². The lowest BCUT2D eigenvalue weighted by atomic mass is 10.1. The van der Waals surface area contributed by atoms with Crippen molar-refractivity contribution in [2.24, 2.45) is 0 Å². The molecule has 1 aromatic carbocycles. The van der Waals surface area contributed by atoms with Crippen LogP contribution in [0.25, 0.3) is 11.1 Å². The first-order valence-electron chi connectivity index (χ1n) is 5.88. The minimum absolute atomic E-state index is 0.105. The van der Waals surface area contributed by atoms with Gasteiger partial charge in [0, 0.05) is 15.6 Å². The van der Waals surface area contributed by atoms with E-state index in [0.29, 0.717) is 21.2 Å².